The predicted molar refractivity (Wildman–Crippen MR) is 109 cm³/mol. The van der Waals surface area contributed by atoms with Crippen LogP contribution in [0, 0.1) is 5.92 Å². The van der Waals surface area contributed by atoms with Gasteiger partial charge in [-0.3, -0.25) is 4.79 Å². The van der Waals surface area contributed by atoms with E-state index in [1.807, 2.05) is 6.20 Å². The predicted octanol–water partition coefficient (Wildman–Crippen LogP) is 1.32. The number of carbonyl (C=O) groups is 1. The second-order valence-corrected chi connectivity index (χ2v) is 6.22. The fraction of sp³-hybridized carbons (Fsp3) is 0.625. The molecule has 144 valence electrons. The third-order valence-corrected chi connectivity index (χ3v) is 4.53. The van der Waals surface area contributed by atoms with Crippen LogP contribution in [0.25, 0.3) is 0 Å². The Kier molecular flexibility index (Phi) is 11.4. The first-order valence-corrected chi connectivity index (χ1v) is 8.09. The molecule has 2 aliphatic rings. The second-order valence-electron chi connectivity index (χ2n) is 6.22. The molecule has 0 saturated carbocycles. The molecule has 1 unspecified atom stereocenters. The Balaban J connectivity index is 0.00000192. The molecule has 9 heteroatoms. The molecule has 3 heterocycles. The minimum atomic E-state index is 0. The highest BCUT2D eigenvalue weighted by Crippen LogP contribution is 2.14. The molecular weight excluding hydrogens is 385 g/mol. The Morgan fingerprint density at radius 1 is 1.24 bits per heavy atom. The lowest BCUT2D eigenvalue weighted by atomic mass is 10.1. The van der Waals surface area contributed by atoms with Crippen molar-refractivity contribution in [3.8, 4) is 0 Å². The molecule has 0 radical (unpaired) electrons. The summed E-state index contributed by atoms with van der Waals surface area (Å²) < 4.78 is 0. The van der Waals surface area contributed by atoms with Gasteiger partial charge >= 0.3 is 0 Å². The van der Waals surface area contributed by atoms with Gasteiger partial charge in [-0.25, -0.2) is 4.98 Å². The van der Waals surface area contributed by atoms with Crippen LogP contribution < -0.4 is 15.5 Å². The number of pyridine rings is 1. The summed E-state index contributed by atoms with van der Waals surface area (Å²) in [5.41, 5.74) is 1.05. The number of amides is 1. The van der Waals surface area contributed by atoms with E-state index in [2.05, 4.69) is 44.6 Å². The molecule has 25 heavy (non-hydrogen) atoms. The van der Waals surface area contributed by atoms with Gasteiger partial charge in [0.2, 0.25) is 5.91 Å². The Bertz CT molecular complexity index is 503. The lowest BCUT2D eigenvalue weighted by Crippen LogP contribution is -2.44. The number of anilines is 1. The summed E-state index contributed by atoms with van der Waals surface area (Å²) in [5, 5.41) is 6.22. The SMILES string of the molecule is CN1CCN(c2ccc(CNC(=O)C3CCNC3)cn2)CC1.Cl.Cl.Cl. The molecule has 3 rings (SSSR count). The van der Waals surface area contributed by atoms with Crippen molar-refractivity contribution in [1.29, 1.82) is 0 Å². The molecule has 0 spiro atoms. The van der Waals surface area contributed by atoms with Crippen LogP contribution in [0.4, 0.5) is 5.82 Å². The molecule has 0 aromatic carbocycles. The van der Waals surface area contributed by atoms with Crippen LogP contribution in [-0.2, 0) is 11.3 Å². The molecular formula is C16H28Cl3N5O. The summed E-state index contributed by atoms with van der Waals surface area (Å²) in [5.74, 6) is 1.30. The third-order valence-electron chi connectivity index (χ3n) is 4.53. The van der Waals surface area contributed by atoms with Gasteiger partial charge in [0, 0.05) is 45.5 Å². The summed E-state index contributed by atoms with van der Waals surface area (Å²) in [4.78, 5) is 21.2. The summed E-state index contributed by atoms with van der Waals surface area (Å²) in [6.07, 6.45) is 2.81. The number of halogens is 3. The van der Waals surface area contributed by atoms with E-state index in [1.54, 1.807) is 0 Å². The van der Waals surface area contributed by atoms with Gasteiger partial charge in [0.05, 0.1) is 5.92 Å². The van der Waals surface area contributed by atoms with Crippen LogP contribution in [0.15, 0.2) is 18.3 Å². The summed E-state index contributed by atoms with van der Waals surface area (Å²) in [7, 11) is 2.15. The maximum Gasteiger partial charge on any atom is 0.224 e. The van der Waals surface area contributed by atoms with Gasteiger partial charge in [-0.05, 0) is 31.6 Å². The first-order chi connectivity index (χ1) is 10.7. The van der Waals surface area contributed by atoms with E-state index in [1.165, 1.54) is 0 Å². The molecule has 1 aromatic rings. The first kappa shape index (κ1) is 24.2. The number of carbonyl (C=O) groups excluding carboxylic acids is 1. The lowest BCUT2D eigenvalue weighted by molar-refractivity contribution is -0.124. The van der Waals surface area contributed by atoms with Gasteiger partial charge in [-0.1, -0.05) is 6.07 Å². The van der Waals surface area contributed by atoms with E-state index < -0.39 is 0 Å². The van der Waals surface area contributed by atoms with E-state index in [0.29, 0.717) is 6.54 Å². The number of hydrogen-bond donors (Lipinski definition) is 2. The summed E-state index contributed by atoms with van der Waals surface area (Å²) in [6, 6.07) is 4.12. The van der Waals surface area contributed by atoms with Gasteiger partial charge in [-0.15, -0.1) is 37.2 Å². The Hall–Kier alpha value is -0.790. The Morgan fingerprint density at radius 3 is 2.52 bits per heavy atom. The molecule has 0 bridgehead atoms. The van der Waals surface area contributed by atoms with E-state index in [-0.39, 0.29) is 49.0 Å². The van der Waals surface area contributed by atoms with Crippen molar-refractivity contribution in [3.05, 3.63) is 23.9 Å². The van der Waals surface area contributed by atoms with Gasteiger partial charge in [0.25, 0.3) is 0 Å². The number of nitrogens with one attached hydrogen (secondary N) is 2. The highest BCUT2D eigenvalue weighted by atomic mass is 35.5. The second kappa shape index (κ2) is 11.8. The van der Waals surface area contributed by atoms with E-state index >= 15 is 0 Å². The molecule has 1 amide bonds. The molecule has 2 fully saturated rings. The maximum absolute atomic E-state index is 12.0. The Labute approximate surface area is 168 Å². The summed E-state index contributed by atoms with van der Waals surface area (Å²) >= 11 is 0. The van der Waals surface area contributed by atoms with E-state index in [4.69, 9.17) is 0 Å². The number of nitrogens with zero attached hydrogens (tertiary/aromatic N) is 3. The highest BCUT2D eigenvalue weighted by Gasteiger charge is 2.21. The van der Waals surface area contributed by atoms with Gasteiger partial charge < -0.3 is 20.4 Å². The largest absolute Gasteiger partial charge is 0.354 e. The van der Waals surface area contributed by atoms with Gasteiger partial charge in [-0.2, -0.15) is 0 Å². The van der Waals surface area contributed by atoms with E-state index in [9.17, 15) is 4.79 Å². The number of likely N-dealkylation sites (N-methyl/N-ethyl adjacent to an activating group) is 1. The van der Waals surface area contributed by atoms with Crippen molar-refractivity contribution in [2.75, 3.05) is 51.2 Å². The lowest BCUT2D eigenvalue weighted by Gasteiger charge is -2.33. The molecule has 2 N–H and O–H groups in total. The zero-order chi connectivity index (χ0) is 15.4. The number of aromatic nitrogens is 1. The van der Waals surface area contributed by atoms with Crippen LogP contribution in [0.1, 0.15) is 12.0 Å². The van der Waals surface area contributed by atoms with Crippen molar-refractivity contribution in [1.82, 2.24) is 20.5 Å². The molecule has 2 aliphatic heterocycles. The molecule has 1 atom stereocenters. The smallest absolute Gasteiger partial charge is 0.224 e. The molecule has 2 saturated heterocycles. The number of hydrogen-bond acceptors (Lipinski definition) is 5. The van der Waals surface area contributed by atoms with Gasteiger partial charge in [0.1, 0.15) is 5.82 Å². The van der Waals surface area contributed by atoms with Crippen LogP contribution in [0.2, 0.25) is 0 Å². The van der Waals surface area contributed by atoms with Crippen LogP contribution in [0.5, 0.6) is 0 Å². The van der Waals surface area contributed by atoms with E-state index in [0.717, 1.165) is 57.1 Å². The van der Waals surface area contributed by atoms with Gasteiger partial charge in [0.15, 0.2) is 0 Å². The zero-order valence-electron chi connectivity index (χ0n) is 14.4. The average molecular weight is 413 g/mol. The number of rotatable bonds is 4. The number of piperazine rings is 1. The summed E-state index contributed by atoms with van der Waals surface area (Å²) in [6.45, 7) is 6.50. The quantitative estimate of drug-likeness (QED) is 0.781. The van der Waals surface area contributed by atoms with Crippen molar-refractivity contribution in [2.24, 2.45) is 5.92 Å². The standard InChI is InChI=1S/C16H25N5O.3ClH/c1-20-6-8-21(9-7-20)15-3-2-13(10-18-15)11-19-16(22)14-4-5-17-12-14;;;/h2-3,10,14,17H,4-9,11-12H2,1H3,(H,19,22);3*1H. The monoisotopic (exact) mass is 411 g/mol. The fourth-order valence-electron chi connectivity index (χ4n) is 2.96. The molecule has 1 aromatic heterocycles. The zero-order valence-corrected chi connectivity index (χ0v) is 16.9. The first-order valence-electron chi connectivity index (χ1n) is 8.09. The van der Waals surface area contributed by atoms with Crippen LogP contribution in [-0.4, -0.2) is 62.1 Å². The van der Waals surface area contributed by atoms with Crippen molar-refractivity contribution in [2.45, 2.75) is 13.0 Å². The average Bonchev–Trinajstić information content (AvgIpc) is 3.08. The van der Waals surface area contributed by atoms with Crippen molar-refractivity contribution >= 4 is 48.9 Å². The van der Waals surface area contributed by atoms with Crippen molar-refractivity contribution < 1.29 is 4.79 Å². The minimum absolute atomic E-state index is 0. The minimum Gasteiger partial charge on any atom is -0.354 e. The highest BCUT2D eigenvalue weighted by molar-refractivity contribution is 5.86. The van der Waals surface area contributed by atoms with Crippen LogP contribution >= 0.6 is 37.2 Å². The third kappa shape index (κ3) is 6.79. The van der Waals surface area contributed by atoms with Crippen molar-refractivity contribution in [3.63, 3.8) is 0 Å². The maximum atomic E-state index is 12.0. The van der Waals surface area contributed by atoms with Crippen LogP contribution in [0.3, 0.4) is 0 Å². The molecule has 0 aliphatic carbocycles. The molecule has 6 nitrogen and oxygen atoms in total. The Morgan fingerprint density at radius 2 is 1.96 bits per heavy atom. The topological polar surface area (TPSA) is 60.5 Å². The fourth-order valence-corrected chi connectivity index (χ4v) is 2.96. The normalized spacial score (nSPS) is 20.0.